The Balaban J connectivity index is 1.77. The summed E-state index contributed by atoms with van der Waals surface area (Å²) in [5.74, 6) is 3.17. The van der Waals surface area contributed by atoms with E-state index in [1.807, 2.05) is 0 Å². The van der Waals surface area contributed by atoms with Gasteiger partial charge >= 0.3 is 0 Å². The highest BCUT2D eigenvalue weighted by atomic mass is 16.5. The summed E-state index contributed by atoms with van der Waals surface area (Å²) in [5.41, 5.74) is 0.708. The van der Waals surface area contributed by atoms with Crippen LogP contribution >= 0.6 is 0 Å². The Morgan fingerprint density at radius 2 is 2.11 bits per heavy atom. The van der Waals surface area contributed by atoms with E-state index >= 15 is 0 Å². The summed E-state index contributed by atoms with van der Waals surface area (Å²) >= 11 is 0. The Hall–Kier alpha value is -1.64. The number of methoxy groups -OCH3 is 1. The molecule has 0 radical (unpaired) electrons. The largest absolute Gasteiger partial charge is 0.383 e. The lowest BCUT2D eigenvalue weighted by Crippen LogP contribution is -2.40. The van der Waals surface area contributed by atoms with Crippen LogP contribution in [0.15, 0.2) is 12.4 Å². The van der Waals surface area contributed by atoms with E-state index < -0.39 is 0 Å². The van der Waals surface area contributed by atoms with Gasteiger partial charge in [0.05, 0.1) is 12.2 Å². The summed E-state index contributed by atoms with van der Waals surface area (Å²) in [6, 6.07) is 0.440. The molecule has 102 valence electrons. The third-order valence-corrected chi connectivity index (χ3v) is 3.35. The second-order valence-corrected chi connectivity index (χ2v) is 4.69. The van der Waals surface area contributed by atoms with Gasteiger partial charge in [-0.15, -0.1) is 6.42 Å². The van der Waals surface area contributed by atoms with E-state index in [0.717, 1.165) is 39.1 Å². The minimum absolute atomic E-state index is 0.440. The molecule has 1 N–H and O–H groups in total. The van der Waals surface area contributed by atoms with Crippen LogP contribution in [0.1, 0.15) is 18.4 Å². The van der Waals surface area contributed by atoms with Gasteiger partial charge in [0.15, 0.2) is 0 Å². The maximum absolute atomic E-state index is 5.27. The van der Waals surface area contributed by atoms with Crippen molar-refractivity contribution in [2.24, 2.45) is 0 Å². The number of terminal acetylenes is 1. The molecule has 0 atom stereocenters. The first-order valence-corrected chi connectivity index (χ1v) is 6.58. The molecule has 2 heterocycles. The van der Waals surface area contributed by atoms with E-state index in [1.54, 1.807) is 19.5 Å². The van der Waals surface area contributed by atoms with Crippen LogP contribution in [-0.2, 0) is 4.74 Å². The van der Waals surface area contributed by atoms with Crippen LogP contribution in [0.2, 0.25) is 0 Å². The second-order valence-electron chi connectivity index (χ2n) is 4.69. The third kappa shape index (κ3) is 4.19. The SMILES string of the molecule is C#Cc1cnc(NC2CCN(CCOC)CC2)nc1. The van der Waals surface area contributed by atoms with Crippen molar-refractivity contribution in [1.82, 2.24) is 14.9 Å². The van der Waals surface area contributed by atoms with Crippen molar-refractivity contribution < 1.29 is 4.74 Å². The maximum Gasteiger partial charge on any atom is 0.222 e. The van der Waals surface area contributed by atoms with E-state index in [4.69, 9.17) is 11.2 Å². The molecule has 1 aromatic rings. The molecule has 5 nitrogen and oxygen atoms in total. The monoisotopic (exact) mass is 260 g/mol. The van der Waals surface area contributed by atoms with Crippen molar-refractivity contribution in [3.05, 3.63) is 18.0 Å². The van der Waals surface area contributed by atoms with E-state index in [-0.39, 0.29) is 0 Å². The van der Waals surface area contributed by atoms with Crippen LogP contribution in [0.5, 0.6) is 0 Å². The van der Waals surface area contributed by atoms with Crippen molar-refractivity contribution in [3.8, 4) is 12.3 Å². The van der Waals surface area contributed by atoms with Crippen LogP contribution in [0.3, 0.4) is 0 Å². The molecule has 0 saturated carbocycles. The Morgan fingerprint density at radius 3 is 2.68 bits per heavy atom. The van der Waals surface area contributed by atoms with Gasteiger partial charge in [-0.3, -0.25) is 0 Å². The van der Waals surface area contributed by atoms with Crippen LogP contribution in [0.4, 0.5) is 5.95 Å². The zero-order valence-electron chi connectivity index (χ0n) is 11.3. The van der Waals surface area contributed by atoms with Crippen molar-refractivity contribution in [2.45, 2.75) is 18.9 Å². The topological polar surface area (TPSA) is 50.3 Å². The predicted molar refractivity (Wildman–Crippen MR) is 74.9 cm³/mol. The highest BCUT2D eigenvalue weighted by Crippen LogP contribution is 2.13. The van der Waals surface area contributed by atoms with E-state index in [0.29, 0.717) is 17.6 Å². The summed E-state index contributed by atoms with van der Waals surface area (Å²) in [7, 11) is 1.74. The molecular weight excluding hydrogens is 240 g/mol. The number of anilines is 1. The molecular formula is C14H20N4O. The van der Waals surface area contributed by atoms with Crippen molar-refractivity contribution in [2.75, 3.05) is 38.7 Å². The molecule has 0 unspecified atom stereocenters. The molecule has 1 saturated heterocycles. The molecule has 0 spiro atoms. The zero-order chi connectivity index (χ0) is 13.5. The number of likely N-dealkylation sites (tertiary alicyclic amines) is 1. The Bertz CT molecular complexity index is 418. The number of nitrogens with one attached hydrogen (secondary N) is 1. The Labute approximate surface area is 114 Å². The summed E-state index contributed by atoms with van der Waals surface area (Å²) in [6.45, 7) is 3.98. The molecule has 5 heteroatoms. The van der Waals surface area contributed by atoms with Gasteiger partial charge in [0.25, 0.3) is 0 Å². The van der Waals surface area contributed by atoms with Gasteiger partial charge in [0.2, 0.25) is 5.95 Å². The smallest absolute Gasteiger partial charge is 0.222 e. The summed E-state index contributed by atoms with van der Waals surface area (Å²) < 4.78 is 5.10. The average Bonchev–Trinajstić information content (AvgIpc) is 2.47. The van der Waals surface area contributed by atoms with E-state index in [1.165, 1.54) is 0 Å². The molecule has 0 aliphatic carbocycles. The van der Waals surface area contributed by atoms with Gasteiger partial charge < -0.3 is 15.0 Å². The standard InChI is InChI=1S/C14H20N4O/c1-3-12-10-15-14(16-11-12)17-13-4-6-18(7-5-13)8-9-19-2/h1,10-11,13H,4-9H2,2H3,(H,15,16,17). The minimum atomic E-state index is 0.440. The summed E-state index contributed by atoms with van der Waals surface area (Å²) in [6.07, 6.45) is 10.8. The van der Waals surface area contributed by atoms with E-state index in [2.05, 4.69) is 26.1 Å². The first-order valence-electron chi connectivity index (χ1n) is 6.58. The minimum Gasteiger partial charge on any atom is -0.383 e. The first kappa shape index (κ1) is 13.8. The molecule has 0 aromatic carbocycles. The van der Waals surface area contributed by atoms with Gasteiger partial charge in [-0.05, 0) is 12.8 Å². The van der Waals surface area contributed by atoms with Crippen LogP contribution in [0.25, 0.3) is 0 Å². The summed E-state index contributed by atoms with van der Waals surface area (Å²) in [4.78, 5) is 10.8. The zero-order valence-corrected chi connectivity index (χ0v) is 11.3. The van der Waals surface area contributed by atoms with Crippen LogP contribution in [-0.4, -0.2) is 54.3 Å². The van der Waals surface area contributed by atoms with Gasteiger partial charge in [-0.1, -0.05) is 5.92 Å². The highest BCUT2D eigenvalue weighted by Gasteiger charge is 2.19. The number of ether oxygens (including phenoxy) is 1. The lowest BCUT2D eigenvalue weighted by Gasteiger charge is -2.32. The molecule has 1 aromatic heterocycles. The number of hydrogen-bond donors (Lipinski definition) is 1. The first-order chi connectivity index (χ1) is 9.31. The molecule has 19 heavy (non-hydrogen) atoms. The van der Waals surface area contributed by atoms with E-state index in [9.17, 15) is 0 Å². The van der Waals surface area contributed by atoms with Crippen molar-refractivity contribution in [1.29, 1.82) is 0 Å². The predicted octanol–water partition coefficient (Wildman–Crippen LogP) is 0.981. The molecule has 1 aliphatic rings. The molecule has 1 fully saturated rings. The lowest BCUT2D eigenvalue weighted by molar-refractivity contribution is 0.132. The molecule has 0 amide bonds. The van der Waals surface area contributed by atoms with Gasteiger partial charge in [-0.2, -0.15) is 0 Å². The number of aromatic nitrogens is 2. The number of piperidine rings is 1. The fourth-order valence-electron chi connectivity index (χ4n) is 2.18. The molecule has 2 rings (SSSR count). The fourth-order valence-corrected chi connectivity index (χ4v) is 2.18. The Morgan fingerprint density at radius 1 is 1.42 bits per heavy atom. The Kier molecular flexibility index (Phi) is 5.13. The second kappa shape index (κ2) is 7.07. The molecule has 1 aliphatic heterocycles. The lowest BCUT2D eigenvalue weighted by atomic mass is 10.1. The van der Waals surface area contributed by atoms with Crippen LogP contribution < -0.4 is 5.32 Å². The quantitative estimate of drug-likeness (QED) is 0.800. The van der Waals surface area contributed by atoms with Crippen molar-refractivity contribution in [3.63, 3.8) is 0 Å². The normalized spacial score (nSPS) is 17.1. The number of nitrogens with zero attached hydrogens (tertiary/aromatic N) is 3. The molecule has 0 bridgehead atoms. The number of hydrogen-bond acceptors (Lipinski definition) is 5. The average molecular weight is 260 g/mol. The number of rotatable bonds is 5. The highest BCUT2D eigenvalue weighted by molar-refractivity contribution is 5.32. The van der Waals surface area contributed by atoms with Crippen molar-refractivity contribution >= 4 is 5.95 Å². The summed E-state index contributed by atoms with van der Waals surface area (Å²) in [5, 5.41) is 3.36. The van der Waals surface area contributed by atoms with Gasteiger partial charge in [-0.25, -0.2) is 9.97 Å². The fraction of sp³-hybridized carbons (Fsp3) is 0.571. The van der Waals surface area contributed by atoms with Gasteiger partial charge in [0.1, 0.15) is 0 Å². The maximum atomic E-state index is 5.27. The van der Waals surface area contributed by atoms with Crippen LogP contribution in [0, 0.1) is 12.3 Å². The third-order valence-electron chi connectivity index (χ3n) is 3.35. The van der Waals surface area contributed by atoms with Gasteiger partial charge in [0, 0.05) is 45.2 Å².